The van der Waals surface area contributed by atoms with E-state index in [2.05, 4.69) is 22.1 Å². The predicted molar refractivity (Wildman–Crippen MR) is 98.8 cm³/mol. The molecule has 2 aromatic heterocycles. The van der Waals surface area contributed by atoms with Gasteiger partial charge in [-0.15, -0.1) is 0 Å². The molecule has 5 nitrogen and oxygen atoms in total. The van der Waals surface area contributed by atoms with Crippen LogP contribution in [0.25, 0.3) is 0 Å². The predicted octanol–water partition coefficient (Wildman–Crippen LogP) is 3.93. The number of rotatable bonds is 5. The molecule has 0 radical (unpaired) electrons. The van der Waals surface area contributed by atoms with Crippen LogP contribution in [0.2, 0.25) is 0 Å². The molecule has 26 heavy (non-hydrogen) atoms. The van der Waals surface area contributed by atoms with Crippen LogP contribution in [0.3, 0.4) is 0 Å². The fourth-order valence-corrected chi connectivity index (χ4v) is 3.76. The van der Waals surface area contributed by atoms with Crippen LogP contribution in [-0.2, 0) is 4.79 Å². The molecule has 0 bridgehead atoms. The minimum absolute atomic E-state index is 0.0403. The van der Waals surface area contributed by atoms with Gasteiger partial charge in [0.1, 0.15) is 11.6 Å². The minimum Gasteiger partial charge on any atom is -0.469 e. The standard InChI is InChI=1S/C21H23N3O2/c25-20(24-12-8-17(9-13-24)21-22-10-11-23-21)15-18(19-7-4-14-26-19)16-5-2-1-3-6-16/h1-7,10-11,14,17-18H,8-9,12-13,15H2,(H,22,23). The highest BCUT2D eigenvalue weighted by atomic mass is 16.3. The zero-order chi connectivity index (χ0) is 17.8. The summed E-state index contributed by atoms with van der Waals surface area (Å²) in [6.07, 6.45) is 7.67. The lowest BCUT2D eigenvalue weighted by Crippen LogP contribution is -2.38. The second-order valence-corrected chi connectivity index (χ2v) is 6.81. The number of piperidine rings is 1. The maximum Gasteiger partial charge on any atom is 0.223 e. The summed E-state index contributed by atoms with van der Waals surface area (Å²) in [7, 11) is 0. The van der Waals surface area contributed by atoms with Gasteiger partial charge < -0.3 is 14.3 Å². The van der Waals surface area contributed by atoms with Crippen LogP contribution >= 0.6 is 0 Å². The zero-order valence-corrected chi connectivity index (χ0v) is 14.7. The Bertz CT molecular complexity index is 804. The molecule has 1 saturated heterocycles. The number of hydrogen-bond donors (Lipinski definition) is 1. The second-order valence-electron chi connectivity index (χ2n) is 6.81. The van der Waals surface area contributed by atoms with Crippen LogP contribution in [0, 0.1) is 0 Å². The Morgan fingerprint density at radius 3 is 2.65 bits per heavy atom. The first-order chi connectivity index (χ1) is 12.8. The number of benzene rings is 1. The van der Waals surface area contributed by atoms with Gasteiger partial charge in [0.2, 0.25) is 5.91 Å². The van der Waals surface area contributed by atoms with E-state index >= 15 is 0 Å². The Hall–Kier alpha value is -2.82. The van der Waals surface area contributed by atoms with E-state index in [0.29, 0.717) is 12.3 Å². The van der Waals surface area contributed by atoms with Gasteiger partial charge in [0.05, 0.1) is 12.2 Å². The molecular weight excluding hydrogens is 326 g/mol. The van der Waals surface area contributed by atoms with Crippen molar-refractivity contribution < 1.29 is 9.21 Å². The van der Waals surface area contributed by atoms with Crippen LogP contribution in [0.1, 0.15) is 48.2 Å². The molecule has 134 valence electrons. The topological polar surface area (TPSA) is 62.1 Å². The molecule has 1 aromatic carbocycles. The smallest absolute Gasteiger partial charge is 0.223 e. The molecule has 5 heteroatoms. The van der Waals surface area contributed by atoms with Gasteiger partial charge in [-0.2, -0.15) is 0 Å². The number of imidazole rings is 1. The highest BCUT2D eigenvalue weighted by molar-refractivity contribution is 5.77. The molecule has 1 amide bonds. The van der Waals surface area contributed by atoms with E-state index in [1.807, 2.05) is 41.4 Å². The first-order valence-corrected chi connectivity index (χ1v) is 9.16. The lowest BCUT2D eigenvalue weighted by atomic mass is 9.91. The third kappa shape index (κ3) is 3.57. The summed E-state index contributed by atoms with van der Waals surface area (Å²) in [4.78, 5) is 22.5. The Labute approximate surface area is 153 Å². The number of nitrogens with zero attached hydrogens (tertiary/aromatic N) is 2. The number of aromatic nitrogens is 2. The van der Waals surface area contributed by atoms with Gasteiger partial charge in [-0.3, -0.25) is 4.79 Å². The summed E-state index contributed by atoms with van der Waals surface area (Å²) in [5.74, 6) is 2.45. The minimum atomic E-state index is -0.0403. The molecule has 1 aliphatic heterocycles. The lowest BCUT2D eigenvalue weighted by molar-refractivity contribution is -0.132. The van der Waals surface area contributed by atoms with Gasteiger partial charge >= 0.3 is 0 Å². The largest absolute Gasteiger partial charge is 0.469 e. The molecule has 0 spiro atoms. The molecule has 1 atom stereocenters. The van der Waals surface area contributed by atoms with Gasteiger partial charge in [0.25, 0.3) is 0 Å². The number of likely N-dealkylation sites (tertiary alicyclic amines) is 1. The highest BCUT2D eigenvalue weighted by Crippen LogP contribution is 2.31. The maximum absolute atomic E-state index is 12.9. The van der Waals surface area contributed by atoms with Crippen LogP contribution in [0.5, 0.6) is 0 Å². The van der Waals surface area contributed by atoms with Gasteiger partial charge in [0.15, 0.2) is 0 Å². The van der Waals surface area contributed by atoms with Gasteiger partial charge in [0, 0.05) is 37.8 Å². The van der Waals surface area contributed by atoms with E-state index in [0.717, 1.165) is 43.1 Å². The van der Waals surface area contributed by atoms with Gasteiger partial charge in [-0.05, 0) is 30.5 Å². The fourth-order valence-electron chi connectivity index (χ4n) is 3.76. The number of furan rings is 1. The molecule has 1 aliphatic rings. The Balaban J connectivity index is 1.43. The van der Waals surface area contributed by atoms with Crippen molar-refractivity contribution in [1.29, 1.82) is 0 Å². The zero-order valence-electron chi connectivity index (χ0n) is 14.7. The molecule has 3 heterocycles. The van der Waals surface area contributed by atoms with Crippen molar-refractivity contribution in [3.05, 3.63) is 78.3 Å². The Morgan fingerprint density at radius 2 is 2.00 bits per heavy atom. The average molecular weight is 349 g/mol. The molecule has 0 aliphatic carbocycles. The van der Waals surface area contributed by atoms with Crippen molar-refractivity contribution >= 4 is 5.91 Å². The van der Waals surface area contributed by atoms with Crippen LogP contribution in [0.4, 0.5) is 0 Å². The third-order valence-electron chi connectivity index (χ3n) is 5.22. The van der Waals surface area contributed by atoms with Crippen molar-refractivity contribution in [3.8, 4) is 0 Å². The maximum atomic E-state index is 12.9. The van der Waals surface area contributed by atoms with Crippen LogP contribution < -0.4 is 0 Å². The molecular formula is C21H23N3O2. The molecule has 1 N–H and O–H groups in total. The Morgan fingerprint density at radius 1 is 1.19 bits per heavy atom. The summed E-state index contributed by atoms with van der Waals surface area (Å²) in [6.45, 7) is 1.56. The van der Waals surface area contributed by atoms with E-state index < -0.39 is 0 Å². The summed E-state index contributed by atoms with van der Waals surface area (Å²) in [6, 6.07) is 13.9. The van der Waals surface area contributed by atoms with Crippen molar-refractivity contribution in [2.24, 2.45) is 0 Å². The molecule has 0 saturated carbocycles. The fraction of sp³-hybridized carbons (Fsp3) is 0.333. The molecule has 3 aromatic rings. The number of hydrogen-bond acceptors (Lipinski definition) is 3. The van der Waals surface area contributed by atoms with Crippen LogP contribution in [0.15, 0.2) is 65.5 Å². The molecule has 1 fully saturated rings. The van der Waals surface area contributed by atoms with E-state index in [4.69, 9.17) is 4.42 Å². The van der Waals surface area contributed by atoms with Crippen molar-refractivity contribution in [2.45, 2.75) is 31.1 Å². The first-order valence-electron chi connectivity index (χ1n) is 9.16. The molecule has 1 unspecified atom stereocenters. The third-order valence-corrected chi connectivity index (χ3v) is 5.22. The average Bonchev–Trinajstić information content (AvgIpc) is 3.41. The first kappa shape index (κ1) is 16.6. The Kier molecular flexibility index (Phi) is 4.86. The number of H-pyrrole nitrogens is 1. The number of carbonyl (C=O) groups is 1. The summed E-state index contributed by atoms with van der Waals surface area (Å²) in [5.41, 5.74) is 1.11. The summed E-state index contributed by atoms with van der Waals surface area (Å²) >= 11 is 0. The quantitative estimate of drug-likeness (QED) is 0.759. The monoisotopic (exact) mass is 349 g/mol. The van der Waals surface area contributed by atoms with Crippen LogP contribution in [-0.4, -0.2) is 33.9 Å². The molecule has 4 rings (SSSR count). The number of aromatic amines is 1. The van der Waals surface area contributed by atoms with Crippen molar-refractivity contribution in [1.82, 2.24) is 14.9 Å². The van der Waals surface area contributed by atoms with Crippen molar-refractivity contribution in [3.63, 3.8) is 0 Å². The van der Waals surface area contributed by atoms with Crippen molar-refractivity contribution in [2.75, 3.05) is 13.1 Å². The number of amides is 1. The van der Waals surface area contributed by atoms with E-state index in [9.17, 15) is 4.79 Å². The van der Waals surface area contributed by atoms with E-state index in [1.54, 1.807) is 12.5 Å². The van der Waals surface area contributed by atoms with E-state index in [-0.39, 0.29) is 11.8 Å². The second kappa shape index (κ2) is 7.60. The number of carbonyl (C=O) groups excluding carboxylic acids is 1. The lowest BCUT2D eigenvalue weighted by Gasteiger charge is -2.32. The number of nitrogens with one attached hydrogen (secondary N) is 1. The SMILES string of the molecule is O=C(CC(c1ccccc1)c1ccco1)N1CCC(c2ncc[nH]2)CC1. The van der Waals surface area contributed by atoms with Gasteiger partial charge in [-0.25, -0.2) is 4.98 Å². The highest BCUT2D eigenvalue weighted by Gasteiger charge is 2.28. The normalized spacial score (nSPS) is 16.5. The summed E-state index contributed by atoms with van der Waals surface area (Å²) in [5, 5.41) is 0. The van der Waals surface area contributed by atoms with E-state index in [1.165, 1.54) is 0 Å². The van der Waals surface area contributed by atoms with Gasteiger partial charge in [-0.1, -0.05) is 30.3 Å². The summed E-state index contributed by atoms with van der Waals surface area (Å²) < 4.78 is 5.62.